The fraction of sp³-hybridized carbons (Fsp3) is 0.0769. The van der Waals surface area contributed by atoms with Crippen molar-refractivity contribution in [1.82, 2.24) is 15.0 Å². The van der Waals surface area contributed by atoms with Gasteiger partial charge in [0.25, 0.3) is 0 Å². The first-order valence-corrected chi connectivity index (χ1v) is 9.84. The Morgan fingerprint density at radius 2 is 1.52 bits per heavy atom. The van der Waals surface area contributed by atoms with Crippen molar-refractivity contribution < 1.29 is 0 Å². The van der Waals surface area contributed by atoms with Gasteiger partial charge in [0.05, 0.1) is 0 Å². The van der Waals surface area contributed by atoms with Crippen LogP contribution in [0.3, 0.4) is 0 Å². The fourth-order valence-electron chi connectivity index (χ4n) is 4.01. The zero-order valence-corrected chi connectivity index (χ0v) is 16.0. The summed E-state index contributed by atoms with van der Waals surface area (Å²) in [6.45, 7) is 0. The Balaban J connectivity index is 1.58. The summed E-state index contributed by atoms with van der Waals surface area (Å²) in [5, 5.41) is 1.23. The maximum Gasteiger partial charge on any atom is 0.0454 e. The van der Waals surface area contributed by atoms with Gasteiger partial charge in [-0.25, -0.2) is 0 Å². The summed E-state index contributed by atoms with van der Waals surface area (Å²) in [7, 11) is 0. The van der Waals surface area contributed by atoms with Crippen molar-refractivity contribution in [2.75, 3.05) is 0 Å². The Labute approximate surface area is 170 Å². The zero-order chi connectivity index (χ0) is 19.5. The number of nitrogens with one attached hydrogen (secondary N) is 1. The Bertz CT molecular complexity index is 1190. The average Bonchev–Trinajstić information content (AvgIpc) is 3.27. The van der Waals surface area contributed by atoms with Gasteiger partial charge in [-0.2, -0.15) is 0 Å². The quantitative estimate of drug-likeness (QED) is 0.409. The number of nitrogens with zero attached hydrogens (tertiary/aromatic N) is 2. The molecule has 0 fully saturated rings. The minimum Gasteiger partial charge on any atom is -0.361 e. The summed E-state index contributed by atoms with van der Waals surface area (Å²) in [6.07, 6.45) is 10.5. The first kappa shape index (κ1) is 17.4. The Kier molecular flexibility index (Phi) is 4.63. The molecule has 0 aliphatic rings. The molecule has 0 radical (unpaired) electrons. The molecule has 0 bridgehead atoms. The first-order valence-electron chi connectivity index (χ1n) is 9.84. The molecule has 0 amide bonds. The normalized spacial score (nSPS) is 11.2. The monoisotopic (exact) mass is 375 g/mol. The number of pyridine rings is 2. The lowest BCUT2D eigenvalue weighted by molar-refractivity contribution is 0.795. The van der Waals surface area contributed by atoms with Crippen LogP contribution in [-0.4, -0.2) is 15.0 Å². The number of aromatic amines is 1. The third-order valence-electron chi connectivity index (χ3n) is 5.48. The van der Waals surface area contributed by atoms with Gasteiger partial charge in [0.2, 0.25) is 0 Å². The van der Waals surface area contributed by atoms with Crippen molar-refractivity contribution in [2.24, 2.45) is 0 Å². The van der Waals surface area contributed by atoms with Gasteiger partial charge in [-0.3, -0.25) is 9.97 Å². The van der Waals surface area contributed by atoms with Crippen molar-refractivity contribution in [3.8, 4) is 11.1 Å². The standard InChI is InChI=1S/C26H21N3/c1-2-8-24(20-9-10-26-21(15-20)11-14-29-26)19(5-1)16-25(22-6-3-12-27-17-22)23-7-4-13-28-18-23/h1-15,17-18,25,29H,16H2. The van der Waals surface area contributed by atoms with E-state index in [1.54, 1.807) is 0 Å². The van der Waals surface area contributed by atoms with E-state index in [4.69, 9.17) is 0 Å². The van der Waals surface area contributed by atoms with E-state index < -0.39 is 0 Å². The molecule has 140 valence electrons. The number of hydrogen-bond acceptors (Lipinski definition) is 2. The Hall–Kier alpha value is -3.72. The van der Waals surface area contributed by atoms with Crippen molar-refractivity contribution >= 4 is 10.9 Å². The maximum absolute atomic E-state index is 4.36. The minimum absolute atomic E-state index is 0.203. The molecular formula is C26H21N3. The zero-order valence-electron chi connectivity index (χ0n) is 16.0. The van der Waals surface area contributed by atoms with E-state index >= 15 is 0 Å². The molecule has 0 atom stereocenters. The van der Waals surface area contributed by atoms with E-state index in [-0.39, 0.29) is 5.92 Å². The van der Waals surface area contributed by atoms with E-state index in [1.807, 2.05) is 43.1 Å². The topological polar surface area (TPSA) is 41.6 Å². The molecule has 2 aromatic carbocycles. The molecule has 3 nitrogen and oxygen atoms in total. The van der Waals surface area contributed by atoms with Gasteiger partial charge < -0.3 is 4.98 Å². The second kappa shape index (κ2) is 7.72. The number of H-pyrrole nitrogens is 1. The predicted molar refractivity (Wildman–Crippen MR) is 118 cm³/mol. The van der Waals surface area contributed by atoms with Crippen molar-refractivity contribution in [1.29, 1.82) is 0 Å². The van der Waals surface area contributed by atoms with E-state index in [9.17, 15) is 0 Å². The van der Waals surface area contributed by atoms with Gasteiger partial charge >= 0.3 is 0 Å². The van der Waals surface area contributed by atoms with Crippen molar-refractivity contribution in [2.45, 2.75) is 12.3 Å². The van der Waals surface area contributed by atoms with E-state index in [2.05, 4.69) is 75.6 Å². The van der Waals surface area contributed by atoms with Gasteiger partial charge in [0, 0.05) is 42.4 Å². The summed E-state index contributed by atoms with van der Waals surface area (Å²) in [6, 6.07) is 25.7. The number of rotatable bonds is 5. The molecule has 0 unspecified atom stereocenters. The second-order valence-corrected chi connectivity index (χ2v) is 7.27. The summed E-state index contributed by atoms with van der Waals surface area (Å²) < 4.78 is 0. The number of hydrogen-bond donors (Lipinski definition) is 1. The molecule has 5 aromatic rings. The highest BCUT2D eigenvalue weighted by Gasteiger charge is 2.17. The highest BCUT2D eigenvalue weighted by molar-refractivity contribution is 5.85. The average molecular weight is 375 g/mol. The molecule has 1 N–H and O–H groups in total. The number of benzene rings is 2. The predicted octanol–water partition coefficient (Wildman–Crippen LogP) is 6.00. The van der Waals surface area contributed by atoms with E-state index in [0.717, 1.165) is 11.9 Å². The Morgan fingerprint density at radius 1 is 0.759 bits per heavy atom. The highest BCUT2D eigenvalue weighted by Crippen LogP contribution is 2.33. The first-order chi connectivity index (χ1) is 14.4. The van der Waals surface area contributed by atoms with Crippen LogP contribution in [0.2, 0.25) is 0 Å². The van der Waals surface area contributed by atoms with Crippen LogP contribution in [0.1, 0.15) is 22.6 Å². The summed E-state index contributed by atoms with van der Waals surface area (Å²) in [5.41, 5.74) is 7.40. The smallest absolute Gasteiger partial charge is 0.0454 e. The largest absolute Gasteiger partial charge is 0.361 e. The van der Waals surface area contributed by atoms with Gasteiger partial charge in [0.1, 0.15) is 0 Å². The van der Waals surface area contributed by atoms with Gasteiger partial charge in [-0.15, -0.1) is 0 Å². The van der Waals surface area contributed by atoms with Crippen LogP contribution in [0.5, 0.6) is 0 Å². The van der Waals surface area contributed by atoms with E-state index in [0.29, 0.717) is 0 Å². The molecule has 3 heteroatoms. The molecule has 29 heavy (non-hydrogen) atoms. The van der Waals surface area contributed by atoms with Crippen LogP contribution in [0.15, 0.2) is 104 Å². The van der Waals surface area contributed by atoms with Crippen molar-refractivity contribution in [3.63, 3.8) is 0 Å². The molecule has 3 heterocycles. The molecule has 0 saturated carbocycles. The van der Waals surface area contributed by atoms with Crippen LogP contribution in [0.4, 0.5) is 0 Å². The molecule has 3 aromatic heterocycles. The molecule has 0 aliphatic heterocycles. The fourth-order valence-corrected chi connectivity index (χ4v) is 4.01. The lowest BCUT2D eigenvalue weighted by Crippen LogP contribution is -2.07. The van der Waals surface area contributed by atoms with Gasteiger partial charge in [-0.1, -0.05) is 42.5 Å². The molecule has 0 aliphatic carbocycles. The summed E-state index contributed by atoms with van der Waals surface area (Å²) in [4.78, 5) is 12.0. The third kappa shape index (κ3) is 3.55. The highest BCUT2D eigenvalue weighted by atomic mass is 14.7. The van der Waals surface area contributed by atoms with Crippen LogP contribution >= 0.6 is 0 Å². The van der Waals surface area contributed by atoms with Crippen LogP contribution in [0, 0.1) is 0 Å². The number of fused-ring (bicyclic) bond motifs is 1. The number of aromatic nitrogens is 3. The third-order valence-corrected chi connectivity index (χ3v) is 5.48. The van der Waals surface area contributed by atoms with E-state index in [1.165, 1.54) is 33.2 Å². The van der Waals surface area contributed by atoms with Gasteiger partial charge in [-0.05, 0) is 70.0 Å². The molecule has 0 saturated heterocycles. The van der Waals surface area contributed by atoms with Crippen LogP contribution in [0.25, 0.3) is 22.0 Å². The second-order valence-electron chi connectivity index (χ2n) is 7.27. The lowest BCUT2D eigenvalue weighted by atomic mass is 9.85. The van der Waals surface area contributed by atoms with Gasteiger partial charge in [0.15, 0.2) is 0 Å². The van der Waals surface area contributed by atoms with Crippen LogP contribution < -0.4 is 0 Å². The SMILES string of the molecule is c1cncc(C(Cc2ccccc2-c2ccc3[nH]ccc3c2)c2cccnc2)c1. The minimum atomic E-state index is 0.203. The molecular weight excluding hydrogens is 354 g/mol. The van der Waals surface area contributed by atoms with Crippen LogP contribution in [-0.2, 0) is 6.42 Å². The molecule has 5 rings (SSSR count). The lowest BCUT2D eigenvalue weighted by Gasteiger charge is -2.19. The summed E-state index contributed by atoms with van der Waals surface area (Å²) >= 11 is 0. The molecule has 0 spiro atoms. The van der Waals surface area contributed by atoms with Crippen molar-refractivity contribution in [3.05, 3.63) is 120 Å². The Morgan fingerprint density at radius 3 is 2.24 bits per heavy atom. The summed E-state index contributed by atoms with van der Waals surface area (Å²) in [5.74, 6) is 0.203. The maximum atomic E-state index is 4.36.